The highest BCUT2D eigenvalue weighted by atomic mass is 31.2. The van der Waals surface area contributed by atoms with Gasteiger partial charge in [0.05, 0.1) is 26.0 Å². The standard InChI is InChI=1S/C11H24NO4P/c1-4-15-17(13,16-5-2)9-7-12-11(3)6-8-14-10-11/h12H,4-10H2,1-3H3. The Morgan fingerprint density at radius 3 is 2.47 bits per heavy atom. The van der Waals surface area contributed by atoms with Crippen molar-refractivity contribution in [2.45, 2.75) is 32.7 Å². The summed E-state index contributed by atoms with van der Waals surface area (Å²) in [6, 6.07) is 0. The molecule has 1 rings (SSSR count). The average Bonchev–Trinajstić information content (AvgIpc) is 2.66. The molecule has 6 heteroatoms. The van der Waals surface area contributed by atoms with Crippen LogP contribution in [0.15, 0.2) is 0 Å². The maximum Gasteiger partial charge on any atom is 0.331 e. The summed E-state index contributed by atoms with van der Waals surface area (Å²) in [5, 5.41) is 3.37. The number of ether oxygens (including phenoxy) is 1. The summed E-state index contributed by atoms with van der Waals surface area (Å²) < 4.78 is 28.0. The molecule has 0 aromatic rings. The van der Waals surface area contributed by atoms with E-state index in [1.807, 2.05) is 13.8 Å². The number of nitrogens with one attached hydrogen (secondary N) is 1. The zero-order valence-corrected chi connectivity index (χ0v) is 11.9. The first-order valence-corrected chi connectivity index (χ1v) is 7.97. The van der Waals surface area contributed by atoms with Crippen LogP contribution in [0.2, 0.25) is 0 Å². The minimum absolute atomic E-state index is 0.00323. The number of hydrogen-bond acceptors (Lipinski definition) is 5. The van der Waals surface area contributed by atoms with Gasteiger partial charge in [-0.3, -0.25) is 4.57 Å². The van der Waals surface area contributed by atoms with Crippen LogP contribution in [0.4, 0.5) is 0 Å². The Morgan fingerprint density at radius 1 is 1.35 bits per heavy atom. The van der Waals surface area contributed by atoms with E-state index in [2.05, 4.69) is 12.2 Å². The minimum Gasteiger partial charge on any atom is -0.379 e. The van der Waals surface area contributed by atoms with Crippen LogP contribution < -0.4 is 5.32 Å². The van der Waals surface area contributed by atoms with Gasteiger partial charge < -0.3 is 19.1 Å². The van der Waals surface area contributed by atoms with Gasteiger partial charge in [-0.25, -0.2) is 0 Å². The molecule has 5 nitrogen and oxygen atoms in total. The van der Waals surface area contributed by atoms with Crippen molar-refractivity contribution in [2.75, 3.05) is 39.1 Å². The zero-order valence-electron chi connectivity index (χ0n) is 11.0. The lowest BCUT2D eigenvalue weighted by Gasteiger charge is -2.25. The second-order valence-electron chi connectivity index (χ2n) is 4.46. The van der Waals surface area contributed by atoms with Crippen LogP contribution in [0, 0.1) is 0 Å². The molecule has 0 bridgehead atoms. The molecular formula is C11H24NO4P. The zero-order chi connectivity index (χ0) is 12.8. The highest BCUT2D eigenvalue weighted by molar-refractivity contribution is 7.53. The molecule has 1 aliphatic rings. The van der Waals surface area contributed by atoms with Gasteiger partial charge in [0.15, 0.2) is 0 Å². The fraction of sp³-hybridized carbons (Fsp3) is 1.00. The highest BCUT2D eigenvalue weighted by Crippen LogP contribution is 2.47. The van der Waals surface area contributed by atoms with Crippen molar-refractivity contribution in [1.82, 2.24) is 5.32 Å². The van der Waals surface area contributed by atoms with E-state index in [1.165, 1.54) is 0 Å². The molecule has 102 valence electrons. The first kappa shape index (κ1) is 15.1. The third-order valence-corrected chi connectivity index (χ3v) is 4.88. The van der Waals surface area contributed by atoms with E-state index >= 15 is 0 Å². The summed E-state index contributed by atoms with van der Waals surface area (Å²) in [4.78, 5) is 0. The van der Waals surface area contributed by atoms with Gasteiger partial charge in [-0.2, -0.15) is 0 Å². The summed E-state index contributed by atoms with van der Waals surface area (Å²) in [5.41, 5.74) is 0.00323. The molecule has 1 fully saturated rings. The van der Waals surface area contributed by atoms with Crippen molar-refractivity contribution in [3.8, 4) is 0 Å². The Balaban J connectivity index is 2.34. The SMILES string of the molecule is CCOP(=O)(CCNC1(C)CCOC1)OCC. The summed E-state index contributed by atoms with van der Waals surface area (Å²) in [6.45, 7) is 8.72. The molecular weight excluding hydrogens is 241 g/mol. The predicted molar refractivity (Wildman–Crippen MR) is 67.6 cm³/mol. The lowest BCUT2D eigenvalue weighted by molar-refractivity contribution is 0.171. The molecule has 0 amide bonds. The Kier molecular flexibility index (Phi) is 6.10. The topological polar surface area (TPSA) is 56.8 Å². The molecule has 0 aromatic carbocycles. The van der Waals surface area contributed by atoms with Crippen molar-refractivity contribution in [1.29, 1.82) is 0 Å². The highest BCUT2D eigenvalue weighted by Gasteiger charge is 2.30. The lowest BCUT2D eigenvalue weighted by Crippen LogP contribution is -2.44. The van der Waals surface area contributed by atoms with E-state index in [-0.39, 0.29) is 5.54 Å². The van der Waals surface area contributed by atoms with E-state index in [0.29, 0.717) is 32.5 Å². The van der Waals surface area contributed by atoms with E-state index < -0.39 is 7.60 Å². The van der Waals surface area contributed by atoms with Crippen molar-refractivity contribution >= 4 is 7.60 Å². The van der Waals surface area contributed by atoms with Crippen molar-refractivity contribution in [3.63, 3.8) is 0 Å². The Bertz CT molecular complexity index is 256. The number of hydrogen-bond donors (Lipinski definition) is 1. The van der Waals surface area contributed by atoms with Gasteiger partial charge in [0, 0.05) is 18.7 Å². The van der Waals surface area contributed by atoms with Crippen LogP contribution in [0.5, 0.6) is 0 Å². The summed E-state index contributed by atoms with van der Waals surface area (Å²) in [6.07, 6.45) is 1.39. The first-order chi connectivity index (χ1) is 8.04. The summed E-state index contributed by atoms with van der Waals surface area (Å²) >= 11 is 0. The molecule has 1 atom stereocenters. The van der Waals surface area contributed by atoms with Gasteiger partial charge in [0.25, 0.3) is 0 Å². The molecule has 1 aliphatic heterocycles. The lowest BCUT2D eigenvalue weighted by atomic mass is 10.0. The predicted octanol–water partition coefficient (Wildman–Crippen LogP) is 2.02. The summed E-state index contributed by atoms with van der Waals surface area (Å²) in [5.74, 6) is 0. The molecule has 1 heterocycles. The second-order valence-corrected chi connectivity index (χ2v) is 6.65. The van der Waals surface area contributed by atoms with Gasteiger partial charge >= 0.3 is 7.60 Å². The molecule has 1 unspecified atom stereocenters. The Morgan fingerprint density at radius 2 is 2.00 bits per heavy atom. The Hall–Kier alpha value is 0.0700. The van der Waals surface area contributed by atoms with Crippen LogP contribution in [-0.4, -0.2) is 44.7 Å². The van der Waals surface area contributed by atoms with Crippen molar-refractivity contribution in [3.05, 3.63) is 0 Å². The van der Waals surface area contributed by atoms with Gasteiger partial charge in [0.2, 0.25) is 0 Å². The summed E-state index contributed by atoms with van der Waals surface area (Å²) in [7, 11) is -2.91. The minimum atomic E-state index is -2.91. The van der Waals surface area contributed by atoms with E-state index in [1.54, 1.807) is 0 Å². The fourth-order valence-corrected chi connectivity index (χ4v) is 3.37. The van der Waals surface area contributed by atoms with E-state index in [0.717, 1.165) is 13.0 Å². The molecule has 0 aromatic heterocycles. The maximum atomic E-state index is 12.2. The molecule has 1 N–H and O–H groups in total. The normalized spacial score (nSPS) is 25.4. The van der Waals surface area contributed by atoms with E-state index in [4.69, 9.17) is 13.8 Å². The van der Waals surface area contributed by atoms with Gasteiger partial charge in [0.1, 0.15) is 0 Å². The van der Waals surface area contributed by atoms with E-state index in [9.17, 15) is 4.57 Å². The molecule has 1 saturated heterocycles. The molecule has 0 spiro atoms. The van der Waals surface area contributed by atoms with Crippen molar-refractivity contribution in [2.24, 2.45) is 0 Å². The van der Waals surface area contributed by atoms with Gasteiger partial charge in [-0.1, -0.05) is 0 Å². The molecule has 0 saturated carbocycles. The second kappa shape index (κ2) is 6.86. The van der Waals surface area contributed by atoms with Crippen molar-refractivity contribution < 1.29 is 18.3 Å². The average molecular weight is 265 g/mol. The maximum absolute atomic E-state index is 12.2. The Labute approximate surface area is 104 Å². The molecule has 0 radical (unpaired) electrons. The largest absolute Gasteiger partial charge is 0.379 e. The fourth-order valence-electron chi connectivity index (χ4n) is 1.86. The van der Waals surface area contributed by atoms with Crippen LogP contribution in [0.25, 0.3) is 0 Å². The quantitative estimate of drug-likeness (QED) is 0.680. The van der Waals surface area contributed by atoms with Gasteiger partial charge in [-0.15, -0.1) is 0 Å². The van der Waals surface area contributed by atoms with Crippen LogP contribution >= 0.6 is 7.60 Å². The smallest absolute Gasteiger partial charge is 0.331 e. The molecule has 17 heavy (non-hydrogen) atoms. The monoisotopic (exact) mass is 265 g/mol. The van der Waals surface area contributed by atoms with Crippen LogP contribution in [-0.2, 0) is 18.3 Å². The van der Waals surface area contributed by atoms with Crippen LogP contribution in [0.3, 0.4) is 0 Å². The first-order valence-electron chi connectivity index (χ1n) is 6.24. The third-order valence-electron chi connectivity index (χ3n) is 2.81. The van der Waals surface area contributed by atoms with Crippen LogP contribution in [0.1, 0.15) is 27.2 Å². The van der Waals surface area contributed by atoms with Gasteiger partial charge in [-0.05, 0) is 27.2 Å². The number of rotatable bonds is 8. The molecule has 0 aliphatic carbocycles. The third kappa shape index (κ3) is 5.06.